The van der Waals surface area contributed by atoms with E-state index >= 15 is 0 Å². The normalized spacial score (nSPS) is 18.0. The van der Waals surface area contributed by atoms with Crippen molar-refractivity contribution in [3.05, 3.63) is 57.5 Å². The second-order valence-corrected chi connectivity index (χ2v) is 6.15. The molecule has 1 unspecified atom stereocenters. The molecule has 22 heavy (non-hydrogen) atoms. The van der Waals surface area contributed by atoms with Crippen molar-refractivity contribution in [2.24, 2.45) is 5.73 Å². The Kier molecular flexibility index (Phi) is 4.43. The monoisotopic (exact) mass is 338 g/mol. The molecule has 2 N–H and O–H groups in total. The summed E-state index contributed by atoms with van der Waals surface area (Å²) >= 11 is 12.1. The molecule has 1 aliphatic heterocycles. The van der Waals surface area contributed by atoms with Gasteiger partial charge in [-0.1, -0.05) is 29.3 Å². The lowest BCUT2D eigenvalue weighted by molar-refractivity contribution is 0.0735. The molecule has 1 amide bonds. The molecule has 1 aromatic carbocycles. The number of nitrogens with zero attached hydrogens (tertiary/aromatic N) is 1. The summed E-state index contributed by atoms with van der Waals surface area (Å²) in [6.07, 6.45) is 3.33. The lowest BCUT2D eigenvalue weighted by Gasteiger charge is -2.25. The number of carbonyl (C=O) groups is 1. The van der Waals surface area contributed by atoms with Crippen molar-refractivity contribution in [3.63, 3.8) is 0 Å². The van der Waals surface area contributed by atoms with Crippen molar-refractivity contribution >= 4 is 29.1 Å². The van der Waals surface area contributed by atoms with Gasteiger partial charge in [-0.25, -0.2) is 0 Å². The number of benzene rings is 1. The Bertz CT molecular complexity index is 699. The van der Waals surface area contributed by atoms with Gasteiger partial charge in [0.1, 0.15) is 12.0 Å². The zero-order valence-corrected chi connectivity index (χ0v) is 13.4. The molecule has 1 aromatic heterocycles. The van der Waals surface area contributed by atoms with Crippen LogP contribution in [0.25, 0.3) is 0 Å². The average molecular weight is 339 g/mol. The molecular weight excluding hydrogens is 323 g/mol. The predicted molar refractivity (Wildman–Crippen MR) is 86.1 cm³/mol. The van der Waals surface area contributed by atoms with Gasteiger partial charge in [-0.3, -0.25) is 4.79 Å². The van der Waals surface area contributed by atoms with E-state index in [1.54, 1.807) is 12.1 Å². The molecule has 2 heterocycles. The van der Waals surface area contributed by atoms with Crippen LogP contribution in [0, 0.1) is 0 Å². The molecule has 1 saturated heterocycles. The summed E-state index contributed by atoms with van der Waals surface area (Å²) in [6.45, 7) is 0.996. The van der Waals surface area contributed by atoms with E-state index < -0.39 is 0 Å². The molecule has 2 aromatic rings. The molecular formula is C16H16Cl2N2O2. The van der Waals surface area contributed by atoms with E-state index in [-0.39, 0.29) is 18.5 Å². The summed E-state index contributed by atoms with van der Waals surface area (Å²) in [5.41, 5.74) is 7.06. The third-order valence-corrected chi connectivity index (χ3v) is 4.68. The van der Waals surface area contributed by atoms with E-state index in [0.717, 1.165) is 18.4 Å². The molecule has 1 atom stereocenters. The lowest BCUT2D eigenvalue weighted by Crippen LogP contribution is -2.30. The zero-order valence-electron chi connectivity index (χ0n) is 11.9. The molecule has 0 aliphatic carbocycles. The summed E-state index contributed by atoms with van der Waals surface area (Å²) in [6, 6.07) is 7.24. The summed E-state index contributed by atoms with van der Waals surface area (Å²) in [7, 11) is 0. The Morgan fingerprint density at radius 1 is 1.32 bits per heavy atom. The summed E-state index contributed by atoms with van der Waals surface area (Å²) in [5, 5.41) is 1.02. The van der Waals surface area contributed by atoms with Crippen molar-refractivity contribution in [2.75, 3.05) is 6.54 Å². The summed E-state index contributed by atoms with van der Waals surface area (Å²) in [5.74, 6) is 0.561. The molecule has 0 saturated carbocycles. The van der Waals surface area contributed by atoms with Crippen molar-refractivity contribution in [1.29, 1.82) is 0 Å². The predicted octanol–water partition coefficient (Wildman–Crippen LogP) is 4.02. The standard InChI is InChI=1S/C16H16Cl2N2O2/c17-13-4-3-10(7-14(13)18)15-2-1-5-20(15)16(21)11-6-12(8-19)22-9-11/h3-4,6-7,9,15H,1-2,5,8,19H2. The minimum absolute atomic E-state index is 0.0125. The number of rotatable bonds is 3. The van der Waals surface area contributed by atoms with Gasteiger partial charge in [0.05, 0.1) is 28.2 Å². The maximum atomic E-state index is 12.7. The van der Waals surface area contributed by atoms with Gasteiger partial charge in [0, 0.05) is 6.54 Å². The fraction of sp³-hybridized carbons (Fsp3) is 0.312. The third-order valence-electron chi connectivity index (χ3n) is 3.94. The molecule has 0 spiro atoms. The van der Waals surface area contributed by atoms with E-state index in [9.17, 15) is 4.79 Å². The van der Waals surface area contributed by atoms with E-state index in [4.69, 9.17) is 33.4 Å². The molecule has 0 bridgehead atoms. The molecule has 116 valence electrons. The number of hydrogen-bond donors (Lipinski definition) is 1. The van der Waals surface area contributed by atoms with Crippen molar-refractivity contribution < 1.29 is 9.21 Å². The molecule has 4 nitrogen and oxygen atoms in total. The second-order valence-electron chi connectivity index (χ2n) is 5.34. The molecule has 0 radical (unpaired) electrons. The maximum absolute atomic E-state index is 12.7. The van der Waals surface area contributed by atoms with Crippen LogP contribution in [0.4, 0.5) is 0 Å². The highest BCUT2D eigenvalue weighted by molar-refractivity contribution is 6.42. The maximum Gasteiger partial charge on any atom is 0.257 e. The number of halogens is 2. The first kappa shape index (κ1) is 15.4. The molecule has 6 heteroatoms. The molecule has 3 rings (SSSR count). The minimum atomic E-state index is -0.0444. The number of likely N-dealkylation sites (tertiary alicyclic amines) is 1. The first-order valence-electron chi connectivity index (χ1n) is 7.13. The van der Waals surface area contributed by atoms with Crippen LogP contribution in [0.5, 0.6) is 0 Å². The zero-order chi connectivity index (χ0) is 15.7. The minimum Gasteiger partial charge on any atom is -0.467 e. The van der Waals surface area contributed by atoms with Crippen molar-refractivity contribution in [3.8, 4) is 0 Å². The van der Waals surface area contributed by atoms with Crippen LogP contribution in [-0.2, 0) is 6.54 Å². The lowest BCUT2D eigenvalue weighted by atomic mass is 10.0. The fourth-order valence-electron chi connectivity index (χ4n) is 2.84. The number of furan rings is 1. The number of hydrogen-bond acceptors (Lipinski definition) is 3. The second kappa shape index (κ2) is 6.32. The van der Waals surface area contributed by atoms with Crippen LogP contribution in [0.3, 0.4) is 0 Å². The SMILES string of the molecule is NCc1cc(C(=O)N2CCCC2c2ccc(Cl)c(Cl)c2)co1. The van der Waals surface area contributed by atoms with E-state index in [1.165, 1.54) is 6.26 Å². The first-order chi connectivity index (χ1) is 10.6. The van der Waals surface area contributed by atoms with E-state index in [1.807, 2.05) is 17.0 Å². The van der Waals surface area contributed by atoms with Gasteiger partial charge < -0.3 is 15.1 Å². The highest BCUT2D eigenvalue weighted by Crippen LogP contribution is 2.36. The van der Waals surface area contributed by atoms with Gasteiger partial charge >= 0.3 is 0 Å². The Hall–Kier alpha value is -1.49. The smallest absolute Gasteiger partial charge is 0.257 e. The molecule has 1 aliphatic rings. The van der Waals surface area contributed by atoms with E-state index in [0.29, 0.717) is 27.9 Å². The van der Waals surface area contributed by atoms with Gasteiger partial charge in [-0.2, -0.15) is 0 Å². The third kappa shape index (κ3) is 2.86. The number of carbonyl (C=O) groups excluding carboxylic acids is 1. The van der Waals surface area contributed by atoms with Crippen LogP contribution in [0.15, 0.2) is 34.9 Å². The summed E-state index contributed by atoms with van der Waals surface area (Å²) in [4.78, 5) is 14.5. The highest BCUT2D eigenvalue weighted by Gasteiger charge is 2.31. The Balaban J connectivity index is 1.86. The summed E-state index contributed by atoms with van der Waals surface area (Å²) < 4.78 is 5.26. The first-order valence-corrected chi connectivity index (χ1v) is 7.89. The van der Waals surface area contributed by atoms with Crippen molar-refractivity contribution in [2.45, 2.75) is 25.4 Å². The van der Waals surface area contributed by atoms with Gasteiger partial charge in [-0.05, 0) is 36.6 Å². The number of nitrogens with two attached hydrogens (primary N) is 1. The quantitative estimate of drug-likeness (QED) is 0.919. The van der Waals surface area contributed by atoms with Crippen LogP contribution < -0.4 is 5.73 Å². The van der Waals surface area contributed by atoms with Crippen LogP contribution in [0.2, 0.25) is 10.0 Å². The average Bonchev–Trinajstić information content (AvgIpc) is 3.18. The van der Waals surface area contributed by atoms with Crippen LogP contribution >= 0.6 is 23.2 Å². The van der Waals surface area contributed by atoms with E-state index in [2.05, 4.69) is 0 Å². The van der Waals surface area contributed by atoms with Crippen LogP contribution in [0.1, 0.15) is 40.6 Å². The number of amides is 1. The van der Waals surface area contributed by atoms with Crippen molar-refractivity contribution in [1.82, 2.24) is 4.90 Å². The van der Waals surface area contributed by atoms with Gasteiger partial charge in [0.15, 0.2) is 0 Å². The Labute approximate surface area is 138 Å². The van der Waals surface area contributed by atoms with Gasteiger partial charge in [0.2, 0.25) is 0 Å². The van der Waals surface area contributed by atoms with Gasteiger partial charge in [0.25, 0.3) is 5.91 Å². The highest BCUT2D eigenvalue weighted by atomic mass is 35.5. The Morgan fingerprint density at radius 3 is 2.82 bits per heavy atom. The van der Waals surface area contributed by atoms with Gasteiger partial charge in [-0.15, -0.1) is 0 Å². The fourth-order valence-corrected chi connectivity index (χ4v) is 3.15. The molecule has 1 fully saturated rings. The largest absolute Gasteiger partial charge is 0.467 e. The topological polar surface area (TPSA) is 59.5 Å². The van der Waals surface area contributed by atoms with Crippen LogP contribution in [-0.4, -0.2) is 17.4 Å². The Morgan fingerprint density at radius 2 is 2.14 bits per heavy atom.